The zero-order valence-electron chi connectivity index (χ0n) is 19.4. The van der Waals surface area contributed by atoms with E-state index < -0.39 is 24.2 Å². The highest BCUT2D eigenvalue weighted by atomic mass is 19.4. The highest BCUT2D eigenvalue weighted by Crippen LogP contribution is 2.28. The van der Waals surface area contributed by atoms with Crippen molar-refractivity contribution < 1.29 is 36.0 Å². The van der Waals surface area contributed by atoms with Gasteiger partial charge in [-0.3, -0.25) is 9.69 Å². The summed E-state index contributed by atoms with van der Waals surface area (Å²) in [5.74, 6) is -0.386. The molecule has 1 amide bonds. The average Bonchev–Trinajstić information content (AvgIpc) is 3.43. The van der Waals surface area contributed by atoms with Crippen LogP contribution in [0.1, 0.15) is 28.2 Å². The number of carbonyl (C=O) groups is 1. The molecule has 3 aromatic rings. The summed E-state index contributed by atoms with van der Waals surface area (Å²) in [4.78, 5) is 25.6. The molecule has 1 aliphatic rings. The fraction of sp³-hybridized carbons (Fsp3) is 0.409. The number of nitrogens with zero attached hydrogens (tertiary/aromatic N) is 5. The van der Waals surface area contributed by atoms with Gasteiger partial charge in [0.1, 0.15) is 5.56 Å². The van der Waals surface area contributed by atoms with Crippen LogP contribution in [0.5, 0.6) is 5.88 Å². The quantitative estimate of drug-likeness (QED) is 0.396. The van der Waals surface area contributed by atoms with Crippen molar-refractivity contribution in [3.63, 3.8) is 0 Å². The molecule has 0 saturated carbocycles. The van der Waals surface area contributed by atoms with Crippen molar-refractivity contribution in [3.8, 4) is 5.88 Å². The number of ether oxygens (including phenoxy) is 1. The normalized spacial score (nSPS) is 16.2. The predicted molar refractivity (Wildman–Crippen MR) is 120 cm³/mol. The molecule has 1 saturated heterocycles. The second-order valence-electron chi connectivity index (χ2n) is 8.34. The highest BCUT2D eigenvalue weighted by Gasteiger charge is 2.33. The first-order valence-corrected chi connectivity index (χ1v) is 11.1. The van der Waals surface area contributed by atoms with E-state index in [1.807, 2.05) is 0 Å². The number of halogens is 5. The number of hydrogen-bond donors (Lipinski definition) is 2. The third-order valence-electron chi connectivity index (χ3n) is 5.50. The van der Waals surface area contributed by atoms with Gasteiger partial charge in [0.25, 0.3) is 12.3 Å². The number of aryl methyl sites for hydroxylation is 1. The van der Waals surface area contributed by atoms with Crippen LogP contribution in [0.4, 0.5) is 39.3 Å². The number of carbonyl (C=O) groups excluding carboxylic acids is 1. The molecule has 1 fully saturated rings. The molecule has 0 radical (unpaired) electrons. The van der Waals surface area contributed by atoms with Crippen molar-refractivity contribution >= 4 is 23.3 Å². The lowest BCUT2D eigenvalue weighted by Crippen LogP contribution is -2.27. The van der Waals surface area contributed by atoms with Crippen molar-refractivity contribution in [2.75, 3.05) is 36.9 Å². The zero-order chi connectivity index (χ0) is 26.6. The van der Waals surface area contributed by atoms with Gasteiger partial charge in [0.05, 0.1) is 43.1 Å². The maximum Gasteiger partial charge on any atom is 0.434 e. The first-order chi connectivity index (χ1) is 17.6. The van der Waals surface area contributed by atoms with E-state index >= 15 is 0 Å². The average molecular weight is 527 g/mol. The molecule has 4 rings (SSSR count). The van der Waals surface area contributed by atoms with E-state index in [0.29, 0.717) is 37.5 Å². The van der Waals surface area contributed by atoms with Crippen LogP contribution in [0.15, 0.2) is 35.2 Å². The summed E-state index contributed by atoms with van der Waals surface area (Å²) in [6.07, 6.45) is -3.46. The summed E-state index contributed by atoms with van der Waals surface area (Å²) in [6, 6.07) is 3.12. The molecule has 1 atom stereocenters. The van der Waals surface area contributed by atoms with Gasteiger partial charge in [-0.15, -0.1) is 0 Å². The number of pyridine rings is 1. The number of alkyl halides is 5. The van der Waals surface area contributed by atoms with Crippen LogP contribution in [0.3, 0.4) is 0 Å². The minimum absolute atomic E-state index is 0.0107. The van der Waals surface area contributed by atoms with Gasteiger partial charge < -0.3 is 19.9 Å². The molecule has 0 bridgehead atoms. The van der Waals surface area contributed by atoms with Crippen LogP contribution in [-0.2, 0) is 6.18 Å². The smallest absolute Gasteiger partial charge is 0.434 e. The summed E-state index contributed by atoms with van der Waals surface area (Å²) < 4.78 is 73.8. The van der Waals surface area contributed by atoms with Crippen molar-refractivity contribution in [1.29, 1.82) is 0 Å². The van der Waals surface area contributed by atoms with Crippen LogP contribution in [-0.4, -0.2) is 63.6 Å². The van der Waals surface area contributed by atoms with Gasteiger partial charge in [0.15, 0.2) is 11.5 Å². The summed E-state index contributed by atoms with van der Waals surface area (Å²) in [5, 5.41) is 8.94. The van der Waals surface area contributed by atoms with Gasteiger partial charge in [-0.05, 0) is 26.0 Å². The van der Waals surface area contributed by atoms with E-state index in [1.54, 1.807) is 17.0 Å². The van der Waals surface area contributed by atoms with Crippen molar-refractivity contribution in [3.05, 3.63) is 47.7 Å². The van der Waals surface area contributed by atoms with Crippen molar-refractivity contribution in [2.24, 2.45) is 5.92 Å². The Kier molecular flexibility index (Phi) is 7.80. The fourth-order valence-corrected chi connectivity index (χ4v) is 3.72. The van der Waals surface area contributed by atoms with Crippen LogP contribution < -0.4 is 15.4 Å². The predicted octanol–water partition coefficient (Wildman–Crippen LogP) is 4.15. The summed E-state index contributed by atoms with van der Waals surface area (Å²) in [5.41, 5.74) is -0.592. The molecular formula is C22H22F5N7O3. The Hall–Kier alpha value is -3.88. The van der Waals surface area contributed by atoms with E-state index in [-0.39, 0.29) is 35.4 Å². The van der Waals surface area contributed by atoms with Crippen LogP contribution in [0.2, 0.25) is 0 Å². The number of nitrogens with one attached hydrogen (secondary N) is 2. The number of likely N-dealkylation sites (tertiary alicyclic amines) is 1. The van der Waals surface area contributed by atoms with Gasteiger partial charge in [-0.1, -0.05) is 5.16 Å². The Balaban J connectivity index is 1.33. The molecule has 0 spiro atoms. The topological polar surface area (TPSA) is 118 Å². The van der Waals surface area contributed by atoms with E-state index in [0.717, 1.165) is 12.6 Å². The molecule has 0 aromatic carbocycles. The van der Waals surface area contributed by atoms with Gasteiger partial charge in [-0.2, -0.15) is 13.2 Å². The Bertz CT molecular complexity index is 1200. The maximum atomic E-state index is 12.8. The number of hydrogen-bond acceptors (Lipinski definition) is 9. The monoisotopic (exact) mass is 527 g/mol. The first kappa shape index (κ1) is 26.2. The van der Waals surface area contributed by atoms with Crippen LogP contribution >= 0.6 is 0 Å². The molecule has 4 heterocycles. The summed E-state index contributed by atoms with van der Waals surface area (Å²) in [6.45, 7) is 2.74. The van der Waals surface area contributed by atoms with Crippen molar-refractivity contribution in [1.82, 2.24) is 25.0 Å². The Labute approximate surface area is 207 Å². The second kappa shape index (κ2) is 11.0. The Morgan fingerprint density at radius 2 is 2.03 bits per heavy atom. The minimum Gasteiger partial charge on any atom is -0.477 e. The maximum absolute atomic E-state index is 12.8. The van der Waals surface area contributed by atoms with Crippen LogP contribution in [0, 0.1) is 12.8 Å². The van der Waals surface area contributed by atoms with Gasteiger partial charge in [-0.25, -0.2) is 23.7 Å². The van der Waals surface area contributed by atoms with Gasteiger partial charge in [0.2, 0.25) is 11.8 Å². The van der Waals surface area contributed by atoms with E-state index in [4.69, 9.17) is 9.26 Å². The zero-order valence-corrected chi connectivity index (χ0v) is 19.4. The molecule has 2 N–H and O–H groups in total. The molecule has 37 heavy (non-hydrogen) atoms. The molecule has 0 aliphatic carbocycles. The third-order valence-corrected chi connectivity index (χ3v) is 5.50. The molecule has 3 aromatic heterocycles. The lowest BCUT2D eigenvalue weighted by atomic mass is 10.1. The minimum atomic E-state index is -4.64. The number of aromatic nitrogens is 4. The third kappa shape index (κ3) is 6.87. The molecule has 10 nitrogen and oxygen atoms in total. The molecule has 0 unspecified atom stereocenters. The summed E-state index contributed by atoms with van der Waals surface area (Å²) >= 11 is 0. The number of anilines is 3. The SMILES string of the molecule is Cc1noc(Nc2cnc(C(F)(F)F)cn2)c1C(=O)Nc1ccc(OC[C@H]2CCN(CC(F)F)C2)nc1. The van der Waals surface area contributed by atoms with Crippen molar-refractivity contribution in [2.45, 2.75) is 25.9 Å². The van der Waals surface area contributed by atoms with E-state index in [2.05, 4.69) is 30.7 Å². The lowest BCUT2D eigenvalue weighted by Gasteiger charge is -2.15. The van der Waals surface area contributed by atoms with Gasteiger partial charge in [0, 0.05) is 18.5 Å². The molecule has 1 aliphatic heterocycles. The molecular weight excluding hydrogens is 505 g/mol. The first-order valence-electron chi connectivity index (χ1n) is 11.1. The fourth-order valence-electron chi connectivity index (χ4n) is 3.72. The second-order valence-corrected chi connectivity index (χ2v) is 8.34. The molecule has 15 heteroatoms. The number of amides is 1. The highest BCUT2D eigenvalue weighted by molar-refractivity contribution is 6.08. The standard InChI is InChI=1S/C22H22F5N7O3/c1-12-19(21(37-33-12)32-17-8-28-15(7-29-17)22(25,26)27)20(35)31-14-2-3-18(30-6-14)36-11-13-4-5-34(9-13)10-16(23)24/h2-3,6-8,13,16H,4-5,9-11H2,1H3,(H,29,32)(H,31,35)/t13-/m0/s1. The number of rotatable bonds is 9. The summed E-state index contributed by atoms with van der Waals surface area (Å²) in [7, 11) is 0. The lowest BCUT2D eigenvalue weighted by molar-refractivity contribution is -0.141. The van der Waals surface area contributed by atoms with Gasteiger partial charge >= 0.3 is 6.18 Å². The Morgan fingerprint density at radius 3 is 2.68 bits per heavy atom. The van der Waals surface area contributed by atoms with Crippen LogP contribution in [0.25, 0.3) is 0 Å². The van der Waals surface area contributed by atoms with E-state index in [9.17, 15) is 26.7 Å². The van der Waals surface area contributed by atoms with E-state index in [1.165, 1.54) is 13.1 Å². The molecule has 198 valence electrons. The Morgan fingerprint density at radius 1 is 1.22 bits per heavy atom. The largest absolute Gasteiger partial charge is 0.477 e.